The fourth-order valence-electron chi connectivity index (χ4n) is 9.50. The second-order valence-corrected chi connectivity index (χ2v) is 19.9. The Morgan fingerprint density at radius 3 is 1.17 bits per heavy atom. The first-order chi connectivity index (χ1) is 18.6. The van der Waals surface area contributed by atoms with Crippen molar-refractivity contribution in [2.24, 2.45) is 17.3 Å². The van der Waals surface area contributed by atoms with Gasteiger partial charge in [-0.2, -0.15) is 0 Å². The number of phenolic OH excluding ortho intramolecular Hbond substituents is 1. The van der Waals surface area contributed by atoms with E-state index in [9.17, 15) is 5.11 Å². The van der Waals surface area contributed by atoms with Gasteiger partial charge in [0.15, 0.2) is 0 Å². The molecule has 0 bridgehead atoms. The average Bonchev–Trinajstić information content (AvgIpc) is 2.74. The van der Waals surface area contributed by atoms with Crippen LogP contribution < -0.4 is 0 Å². The molecule has 1 aromatic rings. The third kappa shape index (κ3) is 7.59. The Bertz CT molecular complexity index is 995. The Labute approximate surface area is 262 Å². The van der Waals surface area contributed by atoms with E-state index < -0.39 is 0 Å². The molecule has 2 fully saturated rings. The molecular weight excluding hydrogens is 512 g/mol. The predicted octanol–water partition coefficient (Wildman–Crippen LogP) is 10.1. The summed E-state index contributed by atoms with van der Waals surface area (Å²) in [6.07, 6.45) is 8.60. The maximum atomic E-state index is 11.5. The summed E-state index contributed by atoms with van der Waals surface area (Å²) in [6, 6.07) is 4.71. The normalized spacial score (nSPS) is 24.2. The second kappa shape index (κ2) is 11.1. The largest absolute Gasteiger partial charge is 0.507 e. The number of piperidine rings is 2. The van der Waals surface area contributed by atoms with Crippen molar-refractivity contribution in [3.63, 3.8) is 0 Å². The summed E-state index contributed by atoms with van der Waals surface area (Å²) in [4.78, 5) is 5.25. The van der Waals surface area contributed by atoms with Crippen molar-refractivity contribution in [1.82, 2.24) is 9.80 Å². The summed E-state index contributed by atoms with van der Waals surface area (Å²) in [5.74, 6) is 1.90. The predicted molar refractivity (Wildman–Crippen MR) is 184 cm³/mol. The van der Waals surface area contributed by atoms with Crippen molar-refractivity contribution in [3.05, 3.63) is 28.8 Å². The maximum absolute atomic E-state index is 11.5. The lowest BCUT2D eigenvalue weighted by molar-refractivity contribution is -0.0543. The van der Waals surface area contributed by atoms with E-state index in [4.69, 9.17) is 0 Å². The molecule has 0 unspecified atom stereocenters. The molecule has 2 saturated heterocycles. The van der Waals surface area contributed by atoms with Crippen LogP contribution in [0.4, 0.5) is 0 Å². The number of benzene rings is 1. The standard InChI is InChI=1S/C39H70N2O/c1-33(2,3)30-18-27(19-31(32(30)42)34(4,5)6)24-39(15,25-28-20-35(7,8)40(16)36(9,10)21-28)26-29-22-37(11,12)41(17)38(13,14)23-29/h18-19,28-29,42H,20-26H2,1-17H3. The second-order valence-electron chi connectivity index (χ2n) is 19.9. The first-order valence-electron chi connectivity index (χ1n) is 16.9. The van der Waals surface area contributed by atoms with Crippen LogP contribution in [0.3, 0.4) is 0 Å². The SMILES string of the molecule is CN1C(C)(C)CC(CC(C)(Cc2cc(C(C)(C)C)c(O)c(C(C)(C)C)c2)CC2CC(C)(C)N(C)C(C)(C)C2)CC1(C)C. The number of aromatic hydroxyl groups is 1. The van der Waals surface area contributed by atoms with Crippen LogP contribution in [-0.2, 0) is 17.3 Å². The van der Waals surface area contributed by atoms with Crippen LogP contribution in [0.1, 0.15) is 159 Å². The van der Waals surface area contributed by atoms with Crippen LogP contribution in [0.25, 0.3) is 0 Å². The van der Waals surface area contributed by atoms with Crippen molar-refractivity contribution in [3.8, 4) is 5.75 Å². The minimum Gasteiger partial charge on any atom is -0.507 e. The Balaban J connectivity index is 2.08. The fourth-order valence-corrected chi connectivity index (χ4v) is 9.50. The van der Waals surface area contributed by atoms with E-state index in [1.165, 1.54) is 44.1 Å². The summed E-state index contributed by atoms with van der Waals surface area (Å²) in [6.45, 7) is 35.6. The van der Waals surface area contributed by atoms with Gasteiger partial charge in [-0.3, -0.25) is 9.80 Å². The molecule has 1 N–H and O–H groups in total. The number of hydrogen-bond donors (Lipinski definition) is 1. The molecule has 0 amide bonds. The molecule has 2 aliphatic rings. The van der Waals surface area contributed by atoms with E-state index in [0.717, 1.165) is 17.5 Å². The number of nitrogens with zero attached hydrogens (tertiary/aromatic N) is 2. The van der Waals surface area contributed by atoms with Crippen LogP contribution in [0.5, 0.6) is 5.75 Å². The molecule has 242 valence electrons. The molecular formula is C39H70N2O. The number of likely N-dealkylation sites (tertiary alicyclic amines) is 2. The fraction of sp³-hybridized carbons (Fsp3) is 0.846. The van der Waals surface area contributed by atoms with Gasteiger partial charge in [-0.05, 0) is 159 Å². The van der Waals surface area contributed by atoms with Crippen molar-refractivity contribution in [2.45, 2.75) is 182 Å². The van der Waals surface area contributed by atoms with Crippen LogP contribution in [-0.4, -0.2) is 51.2 Å². The average molecular weight is 583 g/mol. The van der Waals surface area contributed by atoms with Gasteiger partial charge in [0.05, 0.1) is 0 Å². The molecule has 0 aliphatic carbocycles. The number of phenols is 1. The third-order valence-electron chi connectivity index (χ3n) is 11.8. The van der Waals surface area contributed by atoms with Gasteiger partial charge in [0.2, 0.25) is 0 Å². The van der Waals surface area contributed by atoms with Crippen molar-refractivity contribution in [1.29, 1.82) is 0 Å². The first-order valence-corrected chi connectivity index (χ1v) is 16.9. The Kier molecular flexibility index (Phi) is 9.34. The van der Waals surface area contributed by atoms with Gasteiger partial charge >= 0.3 is 0 Å². The summed E-state index contributed by atoms with van der Waals surface area (Å²) >= 11 is 0. The lowest BCUT2D eigenvalue weighted by atomic mass is 9.62. The summed E-state index contributed by atoms with van der Waals surface area (Å²) < 4.78 is 0. The molecule has 0 atom stereocenters. The van der Waals surface area contributed by atoms with Crippen molar-refractivity contribution in [2.75, 3.05) is 14.1 Å². The zero-order valence-electron chi connectivity index (χ0n) is 31.1. The van der Waals surface area contributed by atoms with E-state index in [1.807, 2.05) is 0 Å². The van der Waals surface area contributed by atoms with Gasteiger partial charge in [-0.1, -0.05) is 60.6 Å². The van der Waals surface area contributed by atoms with Gasteiger partial charge in [-0.25, -0.2) is 0 Å². The molecule has 0 saturated carbocycles. The van der Waals surface area contributed by atoms with E-state index in [0.29, 0.717) is 17.6 Å². The molecule has 3 nitrogen and oxygen atoms in total. The highest BCUT2D eigenvalue weighted by Gasteiger charge is 2.48. The Morgan fingerprint density at radius 1 is 0.619 bits per heavy atom. The van der Waals surface area contributed by atoms with E-state index >= 15 is 0 Å². The zero-order valence-corrected chi connectivity index (χ0v) is 31.1. The van der Waals surface area contributed by atoms with E-state index in [1.54, 1.807) is 0 Å². The summed E-state index contributed by atoms with van der Waals surface area (Å²) in [5, 5.41) is 11.5. The Hall–Kier alpha value is -1.06. The zero-order chi connectivity index (χ0) is 32.5. The molecule has 0 aromatic heterocycles. The van der Waals surface area contributed by atoms with Gasteiger partial charge in [0.1, 0.15) is 5.75 Å². The lowest BCUT2D eigenvalue weighted by Gasteiger charge is -2.56. The smallest absolute Gasteiger partial charge is 0.123 e. The molecule has 3 heteroatoms. The lowest BCUT2D eigenvalue weighted by Crippen LogP contribution is -2.59. The number of hydrogen-bond acceptors (Lipinski definition) is 3. The van der Waals surface area contributed by atoms with E-state index in [-0.39, 0.29) is 38.4 Å². The summed E-state index contributed by atoms with van der Waals surface area (Å²) in [5.41, 5.74) is 4.34. The summed E-state index contributed by atoms with van der Waals surface area (Å²) in [7, 11) is 4.66. The van der Waals surface area contributed by atoms with Crippen molar-refractivity contribution < 1.29 is 5.11 Å². The van der Waals surface area contributed by atoms with Gasteiger partial charge in [0.25, 0.3) is 0 Å². The van der Waals surface area contributed by atoms with Gasteiger partial charge in [-0.15, -0.1) is 0 Å². The van der Waals surface area contributed by atoms with Crippen LogP contribution in [0.15, 0.2) is 12.1 Å². The molecule has 2 heterocycles. The highest BCUT2D eigenvalue weighted by Crippen LogP contribution is 2.51. The highest BCUT2D eigenvalue weighted by molar-refractivity contribution is 5.50. The minimum atomic E-state index is -0.111. The minimum absolute atomic E-state index is 0.111. The maximum Gasteiger partial charge on any atom is 0.123 e. The van der Waals surface area contributed by atoms with Crippen LogP contribution in [0, 0.1) is 17.3 Å². The monoisotopic (exact) mass is 583 g/mol. The molecule has 42 heavy (non-hydrogen) atoms. The van der Waals surface area contributed by atoms with E-state index in [2.05, 4.69) is 140 Å². The third-order valence-corrected chi connectivity index (χ3v) is 11.8. The molecule has 0 spiro atoms. The quantitative estimate of drug-likeness (QED) is 0.361. The Morgan fingerprint density at radius 2 is 0.905 bits per heavy atom. The van der Waals surface area contributed by atoms with Crippen molar-refractivity contribution >= 4 is 0 Å². The molecule has 3 rings (SSSR count). The van der Waals surface area contributed by atoms with Crippen LogP contribution >= 0.6 is 0 Å². The topological polar surface area (TPSA) is 26.7 Å². The molecule has 2 aliphatic heterocycles. The molecule has 0 radical (unpaired) electrons. The van der Waals surface area contributed by atoms with Gasteiger partial charge in [0, 0.05) is 22.2 Å². The number of rotatable bonds is 6. The van der Waals surface area contributed by atoms with Crippen LogP contribution in [0.2, 0.25) is 0 Å². The molecule has 1 aromatic carbocycles. The van der Waals surface area contributed by atoms with Gasteiger partial charge < -0.3 is 5.11 Å². The highest BCUT2D eigenvalue weighted by atomic mass is 16.3. The first kappa shape index (κ1) is 35.4.